The molecule has 7 heteroatoms. The molecule has 0 fully saturated rings. The summed E-state index contributed by atoms with van der Waals surface area (Å²) in [7, 11) is 0. The van der Waals surface area contributed by atoms with E-state index < -0.39 is 6.36 Å². The fourth-order valence-electron chi connectivity index (χ4n) is 2.92. The van der Waals surface area contributed by atoms with Crippen LogP contribution < -0.4 is 30.7 Å². The number of aromatic hydroxyl groups is 1. The van der Waals surface area contributed by atoms with Crippen molar-refractivity contribution in [2.75, 3.05) is 0 Å². The Balaban J connectivity index is 1.48. The van der Waals surface area contributed by atoms with Crippen LogP contribution in [-0.2, 0) is 0 Å². The number of benzene rings is 4. The van der Waals surface area contributed by atoms with Gasteiger partial charge >= 0.3 is 176 Å². The maximum atomic E-state index is 12.3. The molecule has 4 rings (SSSR count). The summed E-state index contributed by atoms with van der Waals surface area (Å²) in [5, 5.41) is 10.2. The monoisotopic (exact) mass is 549 g/mol. The van der Waals surface area contributed by atoms with Crippen LogP contribution in [0.1, 0.15) is 0 Å². The van der Waals surface area contributed by atoms with Crippen molar-refractivity contribution in [2.45, 2.75) is 6.36 Å². The van der Waals surface area contributed by atoms with Gasteiger partial charge in [-0.3, -0.25) is 0 Å². The van der Waals surface area contributed by atoms with Crippen LogP contribution in [-0.4, -0.2) is 11.5 Å². The van der Waals surface area contributed by atoms with Crippen LogP contribution >= 0.6 is 0 Å². The van der Waals surface area contributed by atoms with Crippen molar-refractivity contribution >= 4 is 0 Å². The van der Waals surface area contributed by atoms with Crippen molar-refractivity contribution in [1.29, 1.82) is 0 Å². The van der Waals surface area contributed by atoms with Crippen LogP contribution in [0.2, 0.25) is 0 Å². The van der Waals surface area contributed by atoms with E-state index in [1.807, 2.05) is 42.5 Å². The summed E-state index contributed by atoms with van der Waals surface area (Å²) in [6, 6.07) is 28.3. The van der Waals surface area contributed by atoms with Gasteiger partial charge in [0.2, 0.25) is 0 Å². The van der Waals surface area contributed by atoms with E-state index in [4.69, 9.17) is 4.74 Å². The quantitative estimate of drug-likeness (QED) is 0.372. The second kappa shape index (κ2) is 9.52. The molecule has 32 heavy (non-hydrogen) atoms. The third-order valence-corrected chi connectivity index (χ3v) is 7.06. The molecule has 0 heterocycles. The van der Waals surface area contributed by atoms with Crippen molar-refractivity contribution in [3.8, 4) is 34.1 Å². The van der Waals surface area contributed by atoms with Gasteiger partial charge in [-0.2, -0.15) is 0 Å². The number of ether oxygens (including phenoxy) is 2. The van der Waals surface area contributed by atoms with Crippen LogP contribution in [0.5, 0.6) is 23.0 Å². The molecule has 0 atom stereocenters. The SMILES string of the molecule is Oc1ccc(-c2ccc(OC(F)(F)F)cc2)cc1Oc1ccc([I-]c2ccccc2)cc1. The molecule has 0 aliphatic heterocycles. The number of phenolic OH excluding ortho intramolecular Hbond substituents is 1. The molecule has 0 aromatic heterocycles. The summed E-state index contributed by atoms with van der Waals surface area (Å²) in [5.41, 5.74) is 1.34. The van der Waals surface area contributed by atoms with E-state index >= 15 is 0 Å². The van der Waals surface area contributed by atoms with Gasteiger partial charge in [0.25, 0.3) is 0 Å². The third-order valence-electron chi connectivity index (χ3n) is 4.37. The predicted octanol–water partition coefficient (Wildman–Crippen LogP) is 3.88. The number of halogens is 4. The first-order valence-corrected chi connectivity index (χ1v) is 11.7. The first kappa shape index (κ1) is 22.0. The summed E-state index contributed by atoms with van der Waals surface area (Å²) >= 11 is -0.285. The van der Waals surface area contributed by atoms with Gasteiger partial charge in [0.15, 0.2) is 0 Å². The molecule has 0 radical (unpaired) electrons. The fraction of sp³-hybridized carbons (Fsp3) is 0.0400. The molecule has 0 saturated carbocycles. The minimum atomic E-state index is -4.74. The van der Waals surface area contributed by atoms with Crippen molar-refractivity contribution < 1.29 is 49.0 Å². The molecule has 0 bridgehead atoms. The minimum absolute atomic E-state index is 0.0356. The Morgan fingerprint density at radius 1 is 0.656 bits per heavy atom. The fourth-order valence-corrected chi connectivity index (χ4v) is 5.13. The summed E-state index contributed by atoms with van der Waals surface area (Å²) in [5.74, 6) is 0.497. The van der Waals surface area contributed by atoms with Crippen LogP contribution in [0, 0.1) is 7.14 Å². The second-order valence-corrected chi connectivity index (χ2v) is 9.73. The van der Waals surface area contributed by atoms with E-state index in [1.165, 1.54) is 37.5 Å². The molecular formula is C25H17F3IO3-. The Kier molecular flexibility index (Phi) is 6.55. The van der Waals surface area contributed by atoms with Gasteiger partial charge < -0.3 is 4.74 Å². The summed E-state index contributed by atoms with van der Waals surface area (Å²) in [6.45, 7) is 0. The molecule has 0 aliphatic rings. The molecule has 0 amide bonds. The van der Waals surface area contributed by atoms with Crippen LogP contribution in [0.15, 0.2) is 97.1 Å². The van der Waals surface area contributed by atoms with Crippen molar-refractivity contribution in [3.05, 3.63) is 104 Å². The molecule has 164 valence electrons. The molecule has 0 aliphatic carbocycles. The molecule has 1 N–H and O–H groups in total. The van der Waals surface area contributed by atoms with Gasteiger partial charge in [-0.25, -0.2) is 0 Å². The predicted molar refractivity (Wildman–Crippen MR) is 111 cm³/mol. The first-order valence-electron chi connectivity index (χ1n) is 9.53. The van der Waals surface area contributed by atoms with Gasteiger partial charge in [0.1, 0.15) is 0 Å². The normalized spacial score (nSPS) is 11.3. The average molecular weight is 549 g/mol. The average Bonchev–Trinajstić information content (AvgIpc) is 2.77. The molecule has 3 nitrogen and oxygen atoms in total. The summed E-state index contributed by atoms with van der Waals surface area (Å²) in [6.07, 6.45) is -4.74. The summed E-state index contributed by atoms with van der Waals surface area (Å²) < 4.78 is 49.3. The van der Waals surface area contributed by atoms with Gasteiger partial charge in [-0.15, -0.1) is 13.2 Å². The Morgan fingerprint density at radius 2 is 1.25 bits per heavy atom. The van der Waals surface area contributed by atoms with E-state index in [1.54, 1.807) is 12.1 Å². The van der Waals surface area contributed by atoms with Crippen LogP contribution in [0.25, 0.3) is 11.1 Å². The Hall–Kier alpha value is -3.20. The van der Waals surface area contributed by atoms with Crippen molar-refractivity contribution in [2.24, 2.45) is 0 Å². The first-order chi connectivity index (χ1) is 15.4. The maximum absolute atomic E-state index is 12.3. The topological polar surface area (TPSA) is 38.7 Å². The van der Waals surface area contributed by atoms with Gasteiger partial charge in [0.05, 0.1) is 0 Å². The zero-order valence-corrected chi connectivity index (χ0v) is 18.7. The number of rotatable bonds is 6. The van der Waals surface area contributed by atoms with Crippen molar-refractivity contribution in [1.82, 2.24) is 0 Å². The summed E-state index contributed by atoms with van der Waals surface area (Å²) in [4.78, 5) is 0. The zero-order chi connectivity index (χ0) is 22.6. The van der Waals surface area contributed by atoms with Gasteiger partial charge in [0, 0.05) is 0 Å². The van der Waals surface area contributed by atoms with Crippen LogP contribution in [0.4, 0.5) is 13.2 Å². The molecule has 0 spiro atoms. The second-order valence-electron chi connectivity index (χ2n) is 6.70. The Bertz CT molecular complexity index is 1180. The van der Waals surface area contributed by atoms with Crippen molar-refractivity contribution in [3.63, 3.8) is 0 Å². The number of hydrogen-bond acceptors (Lipinski definition) is 3. The Morgan fingerprint density at radius 3 is 1.91 bits per heavy atom. The zero-order valence-electron chi connectivity index (χ0n) is 16.5. The van der Waals surface area contributed by atoms with Gasteiger partial charge in [-0.1, -0.05) is 0 Å². The Labute approximate surface area is 193 Å². The van der Waals surface area contributed by atoms with E-state index in [0.717, 1.165) is 0 Å². The molecule has 4 aromatic rings. The van der Waals surface area contributed by atoms with E-state index in [-0.39, 0.29) is 38.5 Å². The molecule has 0 unspecified atom stereocenters. The molecule has 0 saturated heterocycles. The van der Waals surface area contributed by atoms with E-state index in [9.17, 15) is 18.3 Å². The van der Waals surface area contributed by atoms with E-state index in [0.29, 0.717) is 16.9 Å². The van der Waals surface area contributed by atoms with Gasteiger partial charge in [-0.05, 0) is 0 Å². The molecular weight excluding hydrogens is 532 g/mol. The standard InChI is InChI=1S/C25H17F3IO3/c26-25(27,28)32-22-11-6-17(7-12-22)18-8-15-23(30)24(16-18)31-21-13-9-20(10-14-21)29-19-4-2-1-3-5-19/h1-16,30H/q-1. The number of hydrogen-bond donors (Lipinski definition) is 1. The van der Waals surface area contributed by atoms with E-state index in [2.05, 4.69) is 16.9 Å². The van der Waals surface area contributed by atoms with Crippen LogP contribution in [0.3, 0.4) is 0 Å². The third kappa shape index (κ3) is 5.94. The molecule has 4 aromatic carbocycles. The number of phenols is 1. The number of alkyl halides is 3.